The molecule has 2 unspecified atom stereocenters. The number of ether oxygens (including phenoxy) is 1. The second kappa shape index (κ2) is 4.76. The van der Waals surface area contributed by atoms with Gasteiger partial charge in [-0.3, -0.25) is 14.5 Å². The molecule has 5 heteroatoms. The first-order valence-electron chi connectivity index (χ1n) is 7.26. The Balaban J connectivity index is 1.47. The summed E-state index contributed by atoms with van der Waals surface area (Å²) in [5.41, 5.74) is 6.18. The third kappa shape index (κ3) is 2.26. The summed E-state index contributed by atoms with van der Waals surface area (Å²) in [5.74, 6) is 0.482. The fraction of sp³-hybridized carbons (Fsp3) is 0.500. The minimum atomic E-state index is -0.136. The second-order valence-electron chi connectivity index (χ2n) is 6.38. The monoisotopic (exact) mass is 288 g/mol. The number of piperidine rings is 1. The summed E-state index contributed by atoms with van der Waals surface area (Å²) < 4.78 is 5.57. The maximum absolute atomic E-state index is 12.1. The lowest BCUT2D eigenvalue weighted by atomic mass is 10.1. The molecule has 112 valence electrons. The number of likely N-dealkylation sites (tertiary alicyclic amines) is 1. The van der Waals surface area contributed by atoms with Crippen LogP contribution < -0.4 is 10.5 Å². The number of nitrogens with two attached hydrogens (primary N) is 1. The molecule has 1 saturated heterocycles. The molecule has 5 nitrogen and oxygen atoms in total. The van der Waals surface area contributed by atoms with Crippen molar-refractivity contribution >= 4 is 17.5 Å². The zero-order valence-electron chi connectivity index (χ0n) is 12.3. The Bertz CT molecular complexity index is 573. The summed E-state index contributed by atoms with van der Waals surface area (Å²) in [5, 5.41) is 0. The van der Waals surface area contributed by atoms with Gasteiger partial charge in [-0.25, -0.2) is 0 Å². The van der Waals surface area contributed by atoms with Crippen LogP contribution in [-0.4, -0.2) is 29.9 Å². The number of nitrogens with zero attached hydrogens (tertiary/aromatic N) is 1. The van der Waals surface area contributed by atoms with Gasteiger partial charge in [0.15, 0.2) is 0 Å². The standard InChI is InChI=1S/C16H20N2O3/c1-16(2)12-13(16)15(20)18(14(12)19)7-4-8-21-11-6-3-5-10(17)9-11/h3,5-6,9,12-13H,4,7-8,17H2,1-2H3. The number of fused-ring (bicyclic) bond motifs is 1. The maximum Gasteiger partial charge on any atom is 0.233 e. The highest BCUT2D eigenvalue weighted by Gasteiger charge is 2.72. The lowest BCUT2D eigenvalue weighted by Gasteiger charge is -2.20. The van der Waals surface area contributed by atoms with E-state index < -0.39 is 0 Å². The van der Waals surface area contributed by atoms with E-state index in [1.54, 1.807) is 12.1 Å². The van der Waals surface area contributed by atoms with E-state index in [1.165, 1.54) is 4.90 Å². The summed E-state index contributed by atoms with van der Waals surface area (Å²) in [6.07, 6.45) is 0.631. The predicted octanol–water partition coefficient (Wildman–Crippen LogP) is 1.68. The van der Waals surface area contributed by atoms with Gasteiger partial charge in [-0.1, -0.05) is 19.9 Å². The minimum absolute atomic E-state index is 0.0149. The molecule has 0 radical (unpaired) electrons. The van der Waals surface area contributed by atoms with Crippen LogP contribution in [0.1, 0.15) is 20.3 Å². The summed E-state index contributed by atoms with van der Waals surface area (Å²) in [4.78, 5) is 25.7. The number of hydrogen-bond acceptors (Lipinski definition) is 4. The molecule has 0 aromatic heterocycles. The van der Waals surface area contributed by atoms with Gasteiger partial charge in [0.2, 0.25) is 11.8 Å². The fourth-order valence-electron chi connectivity index (χ4n) is 3.24. The summed E-state index contributed by atoms with van der Waals surface area (Å²) in [7, 11) is 0. The van der Waals surface area contributed by atoms with Crippen molar-refractivity contribution in [1.29, 1.82) is 0 Å². The van der Waals surface area contributed by atoms with E-state index in [1.807, 2.05) is 26.0 Å². The van der Waals surface area contributed by atoms with Gasteiger partial charge in [-0.15, -0.1) is 0 Å². The van der Waals surface area contributed by atoms with Crippen LogP contribution in [0, 0.1) is 17.3 Å². The van der Waals surface area contributed by atoms with Gasteiger partial charge < -0.3 is 10.5 Å². The van der Waals surface area contributed by atoms with Crippen LogP contribution in [0.15, 0.2) is 24.3 Å². The number of nitrogen functional groups attached to an aromatic ring is 1. The van der Waals surface area contributed by atoms with E-state index in [4.69, 9.17) is 10.5 Å². The molecular formula is C16H20N2O3. The highest BCUT2D eigenvalue weighted by atomic mass is 16.5. The largest absolute Gasteiger partial charge is 0.493 e. The van der Waals surface area contributed by atoms with Gasteiger partial charge in [-0.2, -0.15) is 0 Å². The lowest BCUT2D eigenvalue weighted by molar-refractivity contribution is -0.143. The Labute approximate surface area is 124 Å². The molecule has 2 amide bonds. The maximum atomic E-state index is 12.1. The molecule has 2 aliphatic rings. The Kier molecular flexibility index (Phi) is 3.15. The van der Waals surface area contributed by atoms with Gasteiger partial charge in [0, 0.05) is 18.3 Å². The van der Waals surface area contributed by atoms with Crippen molar-refractivity contribution in [3.8, 4) is 5.75 Å². The lowest BCUT2D eigenvalue weighted by Crippen LogP contribution is -2.37. The van der Waals surface area contributed by atoms with Crippen LogP contribution in [0.25, 0.3) is 0 Å². The molecule has 0 spiro atoms. The van der Waals surface area contributed by atoms with Crippen molar-refractivity contribution in [1.82, 2.24) is 4.90 Å². The van der Waals surface area contributed by atoms with Gasteiger partial charge in [0.25, 0.3) is 0 Å². The van der Waals surface area contributed by atoms with Crippen LogP contribution in [0.5, 0.6) is 5.75 Å². The highest BCUT2D eigenvalue weighted by molar-refractivity contribution is 6.10. The first-order valence-corrected chi connectivity index (χ1v) is 7.26. The van der Waals surface area contributed by atoms with Crippen LogP contribution in [0.2, 0.25) is 0 Å². The van der Waals surface area contributed by atoms with Crippen molar-refractivity contribution in [2.75, 3.05) is 18.9 Å². The molecule has 21 heavy (non-hydrogen) atoms. The highest BCUT2D eigenvalue weighted by Crippen LogP contribution is 2.63. The van der Waals surface area contributed by atoms with Gasteiger partial charge in [0.05, 0.1) is 18.4 Å². The second-order valence-corrected chi connectivity index (χ2v) is 6.38. The minimum Gasteiger partial charge on any atom is -0.493 e. The van der Waals surface area contributed by atoms with Gasteiger partial charge >= 0.3 is 0 Å². The summed E-state index contributed by atoms with van der Waals surface area (Å²) >= 11 is 0. The quantitative estimate of drug-likeness (QED) is 0.508. The van der Waals surface area contributed by atoms with E-state index >= 15 is 0 Å². The number of carbonyl (C=O) groups is 2. The summed E-state index contributed by atoms with van der Waals surface area (Å²) in [6.45, 7) is 4.86. The summed E-state index contributed by atoms with van der Waals surface area (Å²) in [6, 6.07) is 7.21. The number of rotatable bonds is 5. The van der Waals surface area contributed by atoms with Crippen molar-refractivity contribution in [2.45, 2.75) is 20.3 Å². The number of anilines is 1. The van der Waals surface area contributed by atoms with E-state index in [0.717, 1.165) is 0 Å². The zero-order chi connectivity index (χ0) is 15.2. The van der Waals surface area contributed by atoms with Gasteiger partial charge in [0.1, 0.15) is 5.75 Å². The van der Waals surface area contributed by atoms with Crippen molar-refractivity contribution in [3.63, 3.8) is 0 Å². The molecule has 1 heterocycles. The van der Waals surface area contributed by atoms with Crippen LogP contribution in [0.4, 0.5) is 5.69 Å². The third-order valence-corrected chi connectivity index (χ3v) is 4.54. The number of amides is 2. The zero-order valence-corrected chi connectivity index (χ0v) is 12.3. The molecule has 1 aromatic rings. The number of carbonyl (C=O) groups excluding carboxylic acids is 2. The van der Waals surface area contributed by atoms with Crippen molar-refractivity contribution in [2.24, 2.45) is 17.3 Å². The third-order valence-electron chi connectivity index (χ3n) is 4.54. The van der Waals surface area contributed by atoms with Crippen molar-refractivity contribution in [3.05, 3.63) is 24.3 Å². The first kappa shape index (κ1) is 13.9. The van der Waals surface area contributed by atoms with Crippen LogP contribution >= 0.6 is 0 Å². The average molecular weight is 288 g/mol. The normalized spacial score (nSPS) is 25.9. The molecule has 1 saturated carbocycles. The average Bonchev–Trinajstić information content (AvgIpc) is 2.89. The first-order chi connectivity index (χ1) is 9.93. The Hall–Kier alpha value is -2.04. The molecule has 2 fully saturated rings. The van der Waals surface area contributed by atoms with E-state index in [-0.39, 0.29) is 29.1 Å². The molecule has 1 aliphatic heterocycles. The van der Waals surface area contributed by atoms with Crippen LogP contribution in [0.3, 0.4) is 0 Å². The Morgan fingerprint density at radius 1 is 1.24 bits per heavy atom. The van der Waals surface area contributed by atoms with E-state index in [0.29, 0.717) is 31.0 Å². The van der Waals surface area contributed by atoms with Crippen molar-refractivity contribution < 1.29 is 14.3 Å². The predicted molar refractivity (Wildman–Crippen MR) is 78.4 cm³/mol. The van der Waals surface area contributed by atoms with E-state index in [9.17, 15) is 9.59 Å². The topological polar surface area (TPSA) is 72.6 Å². The molecular weight excluding hydrogens is 268 g/mol. The molecule has 1 aliphatic carbocycles. The molecule has 2 N–H and O–H groups in total. The molecule has 3 rings (SSSR count). The SMILES string of the molecule is CC1(C)C2C(=O)N(CCCOc3cccc(N)c3)C(=O)C21. The fourth-order valence-corrected chi connectivity index (χ4v) is 3.24. The Morgan fingerprint density at radius 3 is 2.52 bits per heavy atom. The molecule has 0 bridgehead atoms. The number of benzene rings is 1. The van der Waals surface area contributed by atoms with Gasteiger partial charge in [-0.05, 0) is 24.0 Å². The number of hydrogen-bond donors (Lipinski definition) is 1. The Morgan fingerprint density at radius 2 is 1.90 bits per heavy atom. The molecule has 2 atom stereocenters. The molecule has 1 aromatic carbocycles. The number of imide groups is 1. The van der Waals surface area contributed by atoms with E-state index in [2.05, 4.69) is 0 Å². The smallest absolute Gasteiger partial charge is 0.233 e. The van der Waals surface area contributed by atoms with Crippen LogP contribution in [-0.2, 0) is 9.59 Å².